The quantitative estimate of drug-likeness (QED) is 0.826. The Bertz CT molecular complexity index is 288. The van der Waals surface area contributed by atoms with Crippen molar-refractivity contribution < 1.29 is 5.11 Å². The van der Waals surface area contributed by atoms with E-state index < -0.39 is 0 Å². The van der Waals surface area contributed by atoms with Gasteiger partial charge in [-0.1, -0.05) is 32.4 Å². The van der Waals surface area contributed by atoms with E-state index in [1.807, 2.05) is 12.1 Å². The van der Waals surface area contributed by atoms with Crippen molar-refractivity contribution in [1.82, 2.24) is 0 Å². The van der Waals surface area contributed by atoms with Gasteiger partial charge < -0.3 is 5.11 Å². The number of rotatable bonds is 3. The van der Waals surface area contributed by atoms with Crippen molar-refractivity contribution in [3.05, 3.63) is 21.3 Å². The molecule has 1 aromatic heterocycles. The Hall–Kier alpha value is -0.0500. The van der Waals surface area contributed by atoms with E-state index in [-0.39, 0.29) is 11.5 Å². The maximum atomic E-state index is 9.85. The number of aliphatic hydroxyl groups excluding tert-OH is 1. The average molecular weight is 233 g/mol. The molecule has 1 N–H and O–H groups in total. The third-order valence-corrected chi connectivity index (χ3v) is 3.42. The molecule has 0 amide bonds. The lowest BCUT2D eigenvalue weighted by molar-refractivity contribution is 0.151. The van der Waals surface area contributed by atoms with Gasteiger partial charge in [0.1, 0.15) is 0 Å². The maximum Gasteiger partial charge on any atom is 0.0932 e. The first-order valence-corrected chi connectivity index (χ1v) is 6.01. The van der Waals surface area contributed by atoms with Crippen molar-refractivity contribution in [3.63, 3.8) is 0 Å². The number of thiophene rings is 1. The number of halogens is 1. The molecule has 0 aliphatic rings. The van der Waals surface area contributed by atoms with E-state index in [0.29, 0.717) is 0 Å². The number of hydrogen-bond acceptors (Lipinski definition) is 2. The Morgan fingerprint density at radius 3 is 2.50 bits per heavy atom. The minimum Gasteiger partial charge on any atom is -0.388 e. The molecule has 0 saturated carbocycles. The summed E-state index contributed by atoms with van der Waals surface area (Å²) in [6.07, 6.45) is 1.47. The van der Waals surface area contributed by atoms with Crippen LogP contribution in [0.25, 0.3) is 0 Å². The smallest absolute Gasteiger partial charge is 0.0932 e. The van der Waals surface area contributed by atoms with Gasteiger partial charge in [0.2, 0.25) is 0 Å². The lowest BCUT2D eigenvalue weighted by Crippen LogP contribution is -2.07. The summed E-state index contributed by atoms with van der Waals surface area (Å²) < 4.78 is 0.745. The summed E-state index contributed by atoms with van der Waals surface area (Å²) in [7, 11) is 0. The van der Waals surface area contributed by atoms with Crippen LogP contribution in [0.5, 0.6) is 0 Å². The van der Waals surface area contributed by atoms with Gasteiger partial charge in [0.15, 0.2) is 0 Å². The van der Waals surface area contributed by atoms with Gasteiger partial charge in [-0.05, 0) is 30.4 Å². The Kier molecular flexibility index (Phi) is 3.99. The fraction of sp³-hybridized carbons (Fsp3) is 0.636. The van der Waals surface area contributed by atoms with Gasteiger partial charge in [0.25, 0.3) is 0 Å². The van der Waals surface area contributed by atoms with Gasteiger partial charge in [-0.25, -0.2) is 0 Å². The van der Waals surface area contributed by atoms with Gasteiger partial charge in [0, 0.05) is 4.88 Å². The summed E-state index contributed by atoms with van der Waals surface area (Å²) >= 11 is 7.26. The molecule has 0 bridgehead atoms. The number of aliphatic hydroxyl groups is 1. The molecule has 1 unspecified atom stereocenters. The summed E-state index contributed by atoms with van der Waals surface area (Å²) in [6, 6.07) is 3.74. The predicted molar refractivity (Wildman–Crippen MR) is 63.0 cm³/mol. The zero-order chi connectivity index (χ0) is 10.8. The molecule has 1 atom stereocenters. The fourth-order valence-corrected chi connectivity index (χ4v) is 2.30. The molecule has 80 valence electrons. The lowest BCUT2D eigenvalue weighted by Gasteiger charge is -2.19. The van der Waals surface area contributed by atoms with Crippen molar-refractivity contribution in [1.29, 1.82) is 0 Å². The Morgan fingerprint density at radius 2 is 2.07 bits per heavy atom. The van der Waals surface area contributed by atoms with E-state index in [1.54, 1.807) is 0 Å². The molecular formula is C11H17ClOS. The zero-order valence-corrected chi connectivity index (χ0v) is 10.5. The zero-order valence-electron chi connectivity index (χ0n) is 8.88. The topological polar surface area (TPSA) is 20.2 Å². The van der Waals surface area contributed by atoms with Gasteiger partial charge in [-0.3, -0.25) is 0 Å². The van der Waals surface area contributed by atoms with Crippen molar-refractivity contribution in [2.24, 2.45) is 5.41 Å². The van der Waals surface area contributed by atoms with Crippen LogP contribution in [0.2, 0.25) is 4.34 Å². The van der Waals surface area contributed by atoms with E-state index >= 15 is 0 Å². The Labute approximate surface area is 94.7 Å². The van der Waals surface area contributed by atoms with Crippen LogP contribution in [0.4, 0.5) is 0 Å². The largest absolute Gasteiger partial charge is 0.388 e. The highest BCUT2D eigenvalue weighted by molar-refractivity contribution is 7.16. The summed E-state index contributed by atoms with van der Waals surface area (Å²) in [4.78, 5) is 0.972. The first-order chi connectivity index (χ1) is 6.38. The highest BCUT2D eigenvalue weighted by Crippen LogP contribution is 2.32. The molecule has 0 fully saturated rings. The van der Waals surface area contributed by atoms with Crippen molar-refractivity contribution in [2.45, 2.75) is 39.7 Å². The molecule has 14 heavy (non-hydrogen) atoms. The van der Waals surface area contributed by atoms with Gasteiger partial charge in [-0.15, -0.1) is 11.3 Å². The molecule has 0 spiro atoms. The Balaban J connectivity index is 2.47. The molecule has 0 aromatic carbocycles. The standard InChI is InChI=1S/C11H17ClOS/c1-11(2,3)7-6-8(13)9-4-5-10(12)14-9/h4-5,8,13H,6-7H2,1-3H3. The SMILES string of the molecule is CC(C)(C)CCC(O)c1ccc(Cl)s1. The van der Waals surface area contributed by atoms with Gasteiger partial charge in [0.05, 0.1) is 10.4 Å². The average Bonchev–Trinajstić information content (AvgIpc) is 2.46. The lowest BCUT2D eigenvalue weighted by atomic mass is 9.89. The molecule has 3 heteroatoms. The highest BCUT2D eigenvalue weighted by Gasteiger charge is 2.15. The predicted octanol–water partition coefficient (Wildman–Crippen LogP) is 4.26. The van der Waals surface area contributed by atoms with Crippen LogP contribution in [0.3, 0.4) is 0 Å². The molecule has 1 heterocycles. The summed E-state index contributed by atoms with van der Waals surface area (Å²) in [5.41, 5.74) is 0.280. The molecule has 1 rings (SSSR count). The second-order valence-electron chi connectivity index (χ2n) is 4.76. The van der Waals surface area contributed by atoms with E-state index in [4.69, 9.17) is 11.6 Å². The summed E-state index contributed by atoms with van der Waals surface area (Å²) in [5, 5.41) is 9.85. The van der Waals surface area contributed by atoms with E-state index in [2.05, 4.69) is 20.8 Å². The van der Waals surface area contributed by atoms with Gasteiger partial charge in [-0.2, -0.15) is 0 Å². The van der Waals surface area contributed by atoms with Crippen LogP contribution in [0, 0.1) is 5.41 Å². The van der Waals surface area contributed by atoms with Crippen molar-refractivity contribution in [3.8, 4) is 0 Å². The van der Waals surface area contributed by atoms with Crippen LogP contribution in [0.15, 0.2) is 12.1 Å². The van der Waals surface area contributed by atoms with E-state index in [9.17, 15) is 5.11 Å². The normalized spacial score (nSPS) is 14.4. The van der Waals surface area contributed by atoms with Crippen LogP contribution in [-0.2, 0) is 0 Å². The van der Waals surface area contributed by atoms with E-state index in [1.165, 1.54) is 11.3 Å². The molecular weight excluding hydrogens is 216 g/mol. The second kappa shape index (κ2) is 4.65. The third kappa shape index (κ3) is 3.99. The maximum absolute atomic E-state index is 9.85. The molecule has 0 aliphatic heterocycles. The second-order valence-corrected chi connectivity index (χ2v) is 6.50. The molecule has 0 aliphatic carbocycles. The molecule has 1 nitrogen and oxygen atoms in total. The first kappa shape index (κ1) is 12.0. The van der Waals surface area contributed by atoms with Crippen molar-refractivity contribution >= 4 is 22.9 Å². The van der Waals surface area contributed by atoms with Crippen LogP contribution >= 0.6 is 22.9 Å². The molecule has 1 aromatic rings. The third-order valence-electron chi connectivity index (χ3n) is 2.09. The van der Waals surface area contributed by atoms with Crippen LogP contribution < -0.4 is 0 Å². The van der Waals surface area contributed by atoms with Crippen LogP contribution in [0.1, 0.15) is 44.6 Å². The van der Waals surface area contributed by atoms with Gasteiger partial charge >= 0.3 is 0 Å². The minimum atomic E-state index is -0.355. The number of hydrogen-bond donors (Lipinski definition) is 1. The molecule has 0 radical (unpaired) electrons. The van der Waals surface area contributed by atoms with Crippen LogP contribution in [-0.4, -0.2) is 5.11 Å². The first-order valence-electron chi connectivity index (χ1n) is 4.82. The molecule has 0 saturated heterocycles. The monoisotopic (exact) mass is 232 g/mol. The van der Waals surface area contributed by atoms with Crippen molar-refractivity contribution in [2.75, 3.05) is 0 Å². The summed E-state index contributed by atoms with van der Waals surface area (Å²) in [6.45, 7) is 6.55. The minimum absolute atomic E-state index is 0.280. The fourth-order valence-electron chi connectivity index (χ4n) is 1.22. The van der Waals surface area contributed by atoms with E-state index in [0.717, 1.165) is 22.1 Å². The Morgan fingerprint density at radius 1 is 1.43 bits per heavy atom. The highest BCUT2D eigenvalue weighted by atomic mass is 35.5. The summed E-state index contributed by atoms with van der Waals surface area (Å²) in [5.74, 6) is 0.